The molecule has 0 aromatic heterocycles. The fourth-order valence-corrected chi connectivity index (χ4v) is 1.53. The van der Waals surface area contributed by atoms with Gasteiger partial charge in [0.1, 0.15) is 0 Å². The zero-order chi connectivity index (χ0) is 14.5. The number of methoxy groups -OCH3 is 1. The minimum atomic E-state index is -0.325. The summed E-state index contributed by atoms with van der Waals surface area (Å²) in [4.78, 5) is 22.6. The predicted molar refractivity (Wildman–Crippen MR) is 71.8 cm³/mol. The number of carbonyl (C=O) groups is 2. The van der Waals surface area contributed by atoms with Gasteiger partial charge < -0.3 is 14.8 Å². The van der Waals surface area contributed by atoms with Crippen molar-refractivity contribution in [1.82, 2.24) is 5.32 Å². The summed E-state index contributed by atoms with van der Waals surface area (Å²) in [5.74, 6) is 0.451. The van der Waals surface area contributed by atoms with Crippen LogP contribution in [0.5, 0.6) is 11.5 Å². The lowest BCUT2D eigenvalue weighted by atomic mass is 10.1. The Hall–Kier alpha value is -2.04. The van der Waals surface area contributed by atoms with Gasteiger partial charge in [0.05, 0.1) is 12.7 Å². The van der Waals surface area contributed by atoms with Crippen LogP contribution in [0.4, 0.5) is 0 Å². The molecule has 0 atom stereocenters. The highest BCUT2D eigenvalue weighted by Crippen LogP contribution is 2.29. The predicted octanol–water partition coefficient (Wildman–Crippen LogP) is 1.80. The molecule has 0 radical (unpaired) electrons. The summed E-state index contributed by atoms with van der Waals surface area (Å²) in [5.41, 5.74) is 0.0252. The second-order valence-electron chi connectivity index (χ2n) is 5.08. The minimum Gasteiger partial charge on any atom is -0.493 e. The van der Waals surface area contributed by atoms with Crippen molar-refractivity contribution in [3.8, 4) is 11.5 Å². The van der Waals surface area contributed by atoms with Crippen molar-refractivity contribution in [1.29, 1.82) is 0 Å². The highest BCUT2D eigenvalue weighted by molar-refractivity contribution is 5.82. The number of benzene rings is 1. The summed E-state index contributed by atoms with van der Waals surface area (Å²) in [6, 6.07) is 4.96. The highest BCUT2D eigenvalue weighted by atomic mass is 16.5. The molecule has 19 heavy (non-hydrogen) atoms. The maximum Gasteiger partial charge on any atom is 0.258 e. The Balaban J connectivity index is 2.77. The summed E-state index contributed by atoms with van der Waals surface area (Å²) in [6.45, 7) is 5.47. The normalized spacial score (nSPS) is 10.7. The topological polar surface area (TPSA) is 64.6 Å². The van der Waals surface area contributed by atoms with E-state index >= 15 is 0 Å². The summed E-state index contributed by atoms with van der Waals surface area (Å²) in [7, 11) is 1.48. The van der Waals surface area contributed by atoms with Gasteiger partial charge in [0, 0.05) is 5.54 Å². The number of para-hydroxylation sites is 1. The zero-order valence-electron chi connectivity index (χ0n) is 11.6. The highest BCUT2D eigenvalue weighted by Gasteiger charge is 2.16. The van der Waals surface area contributed by atoms with E-state index in [1.165, 1.54) is 7.11 Å². The minimum absolute atomic E-state index is 0.168. The van der Waals surface area contributed by atoms with Crippen molar-refractivity contribution in [2.75, 3.05) is 13.7 Å². The molecule has 0 bridgehead atoms. The third-order valence-electron chi connectivity index (χ3n) is 2.22. The van der Waals surface area contributed by atoms with Gasteiger partial charge in [-0.25, -0.2) is 0 Å². The molecule has 5 heteroatoms. The van der Waals surface area contributed by atoms with E-state index < -0.39 is 0 Å². The second kappa shape index (κ2) is 6.22. The number of nitrogens with one attached hydrogen (secondary N) is 1. The van der Waals surface area contributed by atoms with Gasteiger partial charge in [-0.05, 0) is 32.9 Å². The van der Waals surface area contributed by atoms with E-state index in [4.69, 9.17) is 9.47 Å². The van der Waals surface area contributed by atoms with E-state index in [-0.39, 0.29) is 23.8 Å². The van der Waals surface area contributed by atoms with Gasteiger partial charge in [-0.2, -0.15) is 0 Å². The maximum atomic E-state index is 11.7. The molecule has 0 saturated heterocycles. The van der Waals surface area contributed by atoms with E-state index in [0.717, 1.165) is 0 Å². The lowest BCUT2D eigenvalue weighted by Gasteiger charge is -2.21. The summed E-state index contributed by atoms with van der Waals surface area (Å²) >= 11 is 0. The fourth-order valence-electron chi connectivity index (χ4n) is 1.53. The number of hydrogen-bond acceptors (Lipinski definition) is 4. The molecular weight excluding hydrogens is 246 g/mol. The van der Waals surface area contributed by atoms with E-state index in [1.54, 1.807) is 18.2 Å². The van der Waals surface area contributed by atoms with Crippen molar-refractivity contribution in [2.24, 2.45) is 0 Å². The Labute approximate surface area is 112 Å². The number of rotatable bonds is 5. The molecule has 1 aromatic carbocycles. The molecule has 1 amide bonds. The second-order valence-corrected chi connectivity index (χ2v) is 5.08. The first kappa shape index (κ1) is 15.0. The number of amides is 1. The van der Waals surface area contributed by atoms with Gasteiger partial charge in [0.2, 0.25) is 0 Å². The standard InChI is InChI=1S/C14H19NO4/c1-14(2,3)15-12(17)9-19-13-10(8-16)6-5-7-11(13)18-4/h5-8H,9H2,1-4H3,(H,15,17). The first-order chi connectivity index (χ1) is 8.87. The van der Waals surface area contributed by atoms with E-state index in [0.29, 0.717) is 17.6 Å². The Morgan fingerprint density at radius 3 is 2.58 bits per heavy atom. The molecule has 1 rings (SSSR count). The Kier molecular flexibility index (Phi) is 4.92. The van der Waals surface area contributed by atoms with Gasteiger partial charge in [0.25, 0.3) is 5.91 Å². The molecule has 0 heterocycles. The van der Waals surface area contributed by atoms with Crippen LogP contribution < -0.4 is 14.8 Å². The molecule has 0 aliphatic carbocycles. The Morgan fingerprint density at radius 1 is 1.37 bits per heavy atom. The monoisotopic (exact) mass is 265 g/mol. The van der Waals surface area contributed by atoms with Crippen LogP contribution in [0.2, 0.25) is 0 Å². The van der Waals surface area contributed by atoms with Crippen molar-refractivity contribution in [3.05, 3.63) is 23.8 Å². The molecule has 5 nitrogen and oxygen atoms in total. The zero-order valence-corrected chi connectivity index (χ0v) is 11.6. The first-order valence-corrected chi connectivity index (χ1v) is 5.93. The Bertz CT molecular complexity index is 463. The molecule has 0 aliphatic rings. The van der Waals surface area contributed by atoms with Gasteiger partial charge in [-0.3, -0.25) is 9.59 Å². The maximum absolute atomic E-state index is 11.7. The van der Waals surface area contributed by atoms with Crippen LogP contribution in [0.1, 0.15) is 31.1 Å². The van der Waals surface area contributed by atoms with Crippen LogP contribution in [0.3, 0.4) is 0 Å². The van der Waals surface area contributed by atoms with Gasteiger partial charge >= 0.3 is 0 Å². The Morgan fingerprint density at radius 2 is 2.05 bits per heavy atom. The quantitative estimate of drug-likeness (QED) is 0.824. The molecule has 1 aromatic rings. The molecule has 0 unspecified atom stereocenters. The average molecular weight is 265 g/mol. The summed E-state index contributed by atoms with van der Waals surface area (Å²) < 4.78 is 10.5. The molecule has 0 fully saturated rings. The van der Waals surface area contributed by atoms with E-state index in [9.17, 15) is 9.59 Å². The number of ether oxygens (including phenoxy) is 2. The van der Waals surface area contributed by atoms with Crippen LogP contribution in [-0.4, -0.2) is 31.4 Å². The van der Waals surface area contributed by atoms with Crippen LogP contribution in [0, 0.1) is 0 Å². The molecule has 0 aliphatic heterocycles. The summed E-state index contributed by atoms with van der Waals surface area (Å²) in [6.07, 6.45) is 0.666. The van der Waals surface area contributed by atoms with Crippen LogP contribution >= 0.6 is 0 Å². The smallest absolute Gasteiger partial charge is 0.258 e. The van der Waals surface area contributed by atoms with Gasteiger partial charge in [0.15, 0.2) is 24.4 Å². The summed E-state index contributed by atoms with van der Waals surface area (Å²) in [5, 5.41) is 2.77. The lowest BCUT2D eigenvalue weighted by molar-refractivity contribution is -0.124. The number of carbonyl (C=O) groups excluding carboxylic acids is 2. The lowest BCUT2D eigenvalue weighted by Crippen LogP contribution is -2.43. The van der Waals surface area contributed by atoms with Gasteiger partial charge in [-0.1, -0.05) is 6.07 Å². The third-order valence-corrected chi connectivity index (χ3v) is 2.22. The van der Waals surface area contributed by atoms with Crippen LogP contribution in [0.25, 0.3) is 0 Å². The average Bonchev–Trinajstić information content (AvgIpc) is 2.33. The van der Waals surface area contributed by atoms with Crippen molar-refractivity contribution in [3.63, 3.8) is 0 Å². The number of hydrogen-bond donors (Lipinski definition) is 1. The SMILES string of the molecule is COc1cccc(C=O)c1OCC(=O)NC(C)(C)C. The van der Waals surface area contributed by atoms with Crippen molar-refractivity contribution >= 4 is 12.2 Å². The van der Waals surface area contributed by atoms with Crippen LogP contribution in [0.15, 0.2) is 18.2 Å². The third kappa shape index (κ3) is 4.62. The van der Waals surface area contributed by atoms with E-state index in [1.807, 2.05) is 20.8 Å². The largest absolute Gasteiger partial charge is 0.493 e. The molecule has 0 spiro atoms. The molecular formula is C14H19NO4. The molecule has 104 valence electrons. The molecule has 0 saturated carbocycles. The molecule has 1 N–H and O–H groups in total. The fraction of sp³-hybridized carbons (Fsp3) is 0.429. The number of aldehydes is 1. The van der Waals surface area contributed by atoms with Gasteiger partial charge in [-0.15, -0.1) is 0 Å². The van der Waals surface area contributed by atoms with Crippen molar-refractivity contribution < 1.29 is 19.1 Å². The first-order valence-electron chi connectivity index (χ1n) is 5.93. The van der Waals surface area contributed by atoms with E-state index in [2.05, 4.69) is 5.32 Å². The van der Waals surface area contributed by atoms with Crippen molar-refractivity contribution in [2.45, 2.75) is 26.3 Å². The van der Waals surface area contributed by atoms with Crippen LogP contribution in [-0.2, 0) is 4.79 Å².